The predicted octanol–water partition coefficient (Wildman–Crippen LogP) is 8.58. The smallest absolute Gasteiger partial charge is 0.139 e. The van der Waals surface area contributed by atoms with Crippen LogP contribution in [0.25, 0.3) is 64.9 Å². The quantitative estimate of drug-likeness (QED) is 0.275. The van der Waals surface area contributed by atoms with Gasteiger partial charge in [-0.25, -0.2) is 0 Å². The molecular weight excluding hydrogens is 414 g/mol. The van der Waals surface area contributed by atoms with Gasteiger partial charge >= 0.3 is 0 Å². The van der Waals surface area contributed by atoms with E-state index in [1.165, 1.54) is 20.9 Å². The lowest BCUT2D eigenvalue weighted by molar-refractivity contribution is 0.656. The van der Waals surface area contributed by atoms with Gasteiger partial charge in [0.25, 0.3) is 0 Å². The Bertz CT molecular complexity index is 1800. The first-order valence-corrected chi connectivity index (χ1v) is 11.4. The Morgan fingerprint density at radius 1 is 0.625 bits per heavy atom. The van der Waals surface area contributed by atoms with Crippen molar-refractivity contribution in [3.8, 4) is 21.0 Å². The van der Waals surface area contributed by atoms with Crippen molar-refractivity contribution in [3.05, 3.63) is 90.6 Å². The molecule has 0 amide bonds. The molecule has 0 bridgehead atoms. The summed E-state index contributed by atoms with van der Waals surface area (Å²) in [4.78, 5) is 6.97. The third-order valence-electron chi connectivity index (χ3n) is 6.10. The molecule has 4 heterocycles. The van der Waals surface area contributed by atoms with Crippen LogP contribution in [0.15, 0.2) is 93.9 Å². The number of hydrogen-bond donors (Lipinski definition) is 0. The normalized spacial score (nSPS) is 11.9. The van der Waals surface area contributed by atoms with E-state index in [1.54, 1.807) is 11.3 Å². The molecule has 7 rings (SSSR count). The Morgan fingerprint density at radius 2 is 1.38 bits per heavy atom. The van der Waals surface area contributed by atoms with Gasteiger partial charge in [0.15, 0.2) is 0 Å². The van der Waals surface area contributed by atoms with E-state index in [9.17, 15) is 0 Å². The zero-order chi connectivity index (χ0) is 21.2. The largest absolute Gasteiger partial charge is 0.456 e. The van der Waals surface area contributed by atoms with E-state index in [0.29, 0.717) is 0 Å². The van der Waals surface area contributed by atoms with Crippen LogP contribution in [0.5, 0.6) is 0 Å². The van der Waals surface area contributed by atoms with Gasteiger partial charge in [0.05, 0.1) is 10.6 Å². The number of pyridine rings is 1. The molecule has 7 aromatic rings. The van der Waals surface area contributed by atoms with E-state index in [0.717, 1.165) is 49.6 Å². The van der Waals surface area contributed by atoms with Gasteiger partial charge < -0.3 is 8.83 Å². The lowest BCUT2D eigenvalue weighted by Crippen LogP contribution is -1.83. The average molecular weight is 432 g/mol. The van der Waals surface area contributed by atoms with E-state index in [4.69, 9.17) is 8.83 Å². The van der Waals surface area contributed by atoms with Crippen LogP contribution in [0.1, 0.15) is 5.56 Å². The highest BCUT2D eigenvalue weighted by molar-refractivity contribution is 7.18. The Labute approximate surface area is 187 Å². The summed E-state index contributed by atoms with van der Waals surface area (Å²) in [5.41, 5.74) is 6.91. The van der Waals surface area contributed by atoms with Crippen LogP contribution in [-0.2, 0) is 0 Å². The molecule has 0 saturated carbocycles. The van der Waals surface area contributed by atoms with E-state index in [-0.39, 0.29) is 0 Å². The molecule has 0 aliphatic rings. The zero-order valence-electron chi connectivity index (χ0n) is 17.3. The van der Waals surface area contributed by atoms with Crippen molar-refractivity contribution in [1.29, 1.82) is 0 Å². The van der Waals surface area contributed by atoms with Crippen molar-refractivity contribution in [2.45, 2.75) is 6.92 Å². The molecule has 0 spiro atoms. The Kier molecular flexibility index (Phi) is 3.64. The highest BCUT2D eigenvalue weighted by atomic mass is 32.1. The van der Waals surface area contributed by atoms with Gasteiger partial charge in [-0.15, -0.1) is 11.3 Å². The second-order valence-electron chi connectivity index (χ2n) is 8.09. The monoisotopic (exact) mass is 431 g/mol. The number of hydrogen-bond acceptors (Lipinski definition) is 4. The molecule has 4 heteroatoms. The van der Waals surface area contributed by atoms with Crippen molar-refractivity contribution >= 4 is 55.2 Å². The van der Waals surface area contributed by atoms with E-state index < -0.39 is 0 Å². The molecular formula is C28H17NO2S. The minimum atomic E-state index is 0.847. The van der Waals surface area contributed by atoms with Crippen molar-refractivity contribution in [2.75, 3.05) is 0 Å². The van der Waals surface area contributed by atoms with Gasteiger partial charge in [-0.05, 0) is 66.6 Å². The molecule has 0 atom stereocenters. The number of para-hydroxylation sites is 1. The molecule has 0 aliphatic carbocycles. The first-order chi connectivity index (χ1) is 15.7. The number of benzene rings is 3. The van der Waals surface area contributed by atoms with Crippen molar-refractivity contribution in [1.82, 2.24) is 4.98 Å². The SMILES string of the molecule is Cc1cccnc1-c1ccc(-c2ccc3oc4cc5oc6ccccc6c5cc4c3c2)s1. The topological polar surface area (TPSA) is 39.2 Å². The van der Waals surface area contributed by atoms with Gasteiger partial charge in [-0.1, -0.05) is 24.3 Å². The molecule has 0 aliphatic heterocycles. The number of aromatic nitrogens is 1. The molecule has 3 aromatic carbocycles. The Hall–Kier alpha value is -3.89. The van der Waals surface area contributed by atoms with Crippen molar-refractivity contribution in [3.63, 3.8) is 0 Å². The third kappa shape index (κ3) is 2.57. The van der Waals surface area contributed by atoms with E-state index >= 15 is 0 Å². The average Bonchev–Trinajstić information content (AvgIpc) is 3.52. The van der Waals surface area contributed by atoms with Gasteiger partial charge in [0, 0.05) is 38.7 Å². The Balaban J connectivity index is 1.41. The Morgan fingerprint density at radius 3 is 2.25 bits per heavy atom. The highest BCUT2D eigenvalue weighted by Gasteiger charge is 2.15. The van der Waals surface area contributed by atoms with Crippen molar-refractivity contribution < 1.29 is 8.83 Å². The summed E-state index contributed by atoms with van der Waals surface area (Å²) in [6.07, 6.45) is 1.85. The third-order valence-corrected chi connectivity index (χ3v) is 7.24. The zero-order valence-corrected chi connectivity index (χ0v) is 18.1. The molecule has 4 aromatic heterocycles. The summed E-state index contributed by atoms with van der Waals surface area (Å²) in [5, 5.41) is 4.47. The maximum absolute atomic E-state index is 6.17. The summed E-state index contributed by atoms with van der Waals surface area (Å²) in [5.74, 6) is 0. The van der Waals surface area contributed by atoms with Crippen LogP contribution in [-0.4, -0.2) is 4.98 Å². The standard InChI is InChI=1S/C28H17NO2S/c1-16-5-4-12-29-28(16)27-11-10-26(32-27)17-8-9-23-19(13-17)21-14-20-18-6-2-3-7-22(18)30-24(20)15-25(21)31-23/h2-15H,1H3. The van der Waals surface area contributed by atoms with E-state index in [2.05, 4.69) is 60.4 Å². The maximum Gasteiger partial charge on any atom is 0.139 e. The summed E-state index contributed by atoms with van der Waals surface area (Å²) in [7, 11) is 0. The van der Waals surface area contributed by atoms with Gasteiger partial charge in [-0.2, -0.15) is 0 Å². The lowest BCUT2D eigenvalue weighted by Gasteiger charge is -2.01. The van der Waals surface area contributed by atoms with Crippen LogP contribution in [0.4, 0.5) is 0 Å². The molecule has 0 N–H and O–H groups in total. The van der Waals surface area contributed by atoms with Crippen LogP contribution in [0.3, 0.4) is 0 Å². The second kappa shape index (κ2) is 6.55. The first-order valence-electron chi connectivity index (χ1n) is 10.5. The summed E-state index contributed by atoms with van der Waals surface area (Å²) < 4.78 is 12.2. The van der Waals surface area contributed by atoms with Crippen LogP contribution in [0, 0.1) is 6.92 Å². The number of furan rings is 2. The number of aryl methyl sites for hydroxylation is 1. The summed E-state index contributed by atoms with van der Waals surface area (Å²) in [6, 6.07) is 27.2. The van der Waals surface area contributed by atoms with Crippen LogP contribution >= 0.6 is 11.3 Å². The molecule has 0 saturated heterocycles. The fraction of sp³-hybridized carbons (Fsp3) is 0.0357. The maximum atomic E-state index is 6.17. The predicted molar refractivity (Wildman–Crippen MR) is 132 cm³/mol. The lowest BCUT2D eigenvalue weighted by atomic mass is 10.1. The number of nitrogens with zero attached hydrogens (tertiary/aromatic N) is 1. The fourth-order valence-corrected chi connectivity index (χ4v) is 5.58. The molecule has 3 nitrogen and oxygen atoms in total. The molecule has 0 unspecified atom stereocenters. The summed E-state index contributed by atoms with van der Waals surface area (Å²) in [6.45, 7) is 2.10. The van der Waals surface area contributed by atoms with Gasteiger partial charge in [0.1, 0.15) is 22.3 Å². The molecule has 152 valence electrons. The number of fused-ring (bicyclic) bond motifs is 6. The van der Waals surface area contributed by atoms with Crippen LogP contribution in [0.2, 0.25) is 0 Å². The molecule has 0 fully saturated rings. The summed E-state index contributed by atoms with van der Waals surface area (Å²) >= 11 is 1.77. The molecule has 0 radical (unpaired) electrons. The van der Waals surface area contributed by atoms with E-state index in [1.807, 2.05) is 36.5 Å². The minimum Gasteiger partial charge on any atom is -0.456 e. The van der Waals surface area contributed by atoms with Gasteiger partial charge in [0.2, 0.25) is 0 Å². The minimum absolute atomic E-state index is 0.847. The van der Waals surface area contributed by atoms with Crippen molar-refractivity contribution in [2.24, 2.45) is 0 Å². The number of thiophene rings is 1. The second-order valence-corrected chi connectivity index (χ2v) is 9.17. The van der Waals surface area contributed by atoms with Crippen LogP contribution < -0.4 is 0 Å². The highest BCUT2D eigenvalue weighted by Crippen LogP contribution is 2.40. The van der Waals surface area contributed by atoms with Gasteiger partial charge in [-0.3, -0.25) is 4.98 Å². The number of rotatable bonds is 2. The molecule has 32 heavy (non-hydrogen) atoms. The fourth-order valence-electron chi connectivity index (χ4n) is 4.51. The first kappa shape index (κ1) is 17.8.